The summed E-state index contributed by atoms with van der Waals surface area (Å²) < 4.78 is 0. The number of hydrogen-bond acceptors (Lipinski definition) is 2. The number of amides is 1. The maximum atomic E-state index is 11.7. The molecule has 3 nitrogen and oxygen atoms in total. The van der Waals surface area contributed by atoms with Gasteiger partial charge in [0.05, 0.1) is 0 Å². The molecule has 84 valence electrons. The third-order valence-electron chi connectivity index (χ3n) is 2.97. The molecule has 1 aromatic carbocycles. The zero-order valence-corrected chi connectivity index (χ0v) is 9.28. The van der Waals surface area contributed by atoms with E-state index in [2.05, 4.69) is 6.58 Å². The van der Waals surface area contributed by atoms with Crippen LogP contribution in [0.25, 0.3) is 0 Å². The molecule has 0 saturated carbocycles. The molecule has 0 spiro atoms. The molecule has 0 radical (unpaired) electrons. The second-order valence-electron chi connectivity index (χ2n) is 4.04. The maximum absolute atomic E-state index is 11.7. The van der Waals surface area contributed by atoms with Crippen molar-refractivity contribution in [2.45, 2.75) is 19.4 Å². The summed E-state index contributed by atoms with van der Waals surface area (Å²) in [5.74, 6) is 0.142. The average Bonchev–Trinajstić information content (AvgIpc) is 2.29. The fraction of sp³-hybridized carbons (Fsp3) is 0.308. The van der Waals surface area contributed by atoms with Crippen LogP contribution in [0.3, 0.4) is 0 Å². The lowest BCUT2D eigenvalue weighted by atomic mass is 9.98. The summed E-state index contributed by atoms with van der Waals surface area (Å²) in [4.78, 5) is 13.6. The van der Waals surface area contributed by atoms with Crippen molar-refractivity contribution in [2.24, 2.45) is 0 Å². The van der Waals surface area contributed by atoms with Gasteiger partial charge in [-0.1, -0.05) is 18.2 Å². The van der Waals surface area contributed by atoms with E-state index in [1.54, 1.807) is 6.08 Å². The Balaban J connectivity index is 2.18. The minimum Gasteiger partial charge on any atom is -0.398 e. The highest BCUT2D eigenvalue weighted by Gasteiger charge is 2.20. The molecule has 0 saturated heterocycles. The van der Waals surface area contributed by atoms with Gasteiger partial charge in [-0.2, -0.15) is 0 Å². The number of nitrogens with zero attached hydrogens (tertiary/aromatic N) is 1. The molecule has 0 fully saturated rings. The van der Waals surface area contributed by atoms with Gasteiger partial charge in [-0.3, -0.25) is 4.79 Å². The first-order chi connectivity index (χ1) is 7.72. The number of hydrogen-bond donors (Lipinski definition) is 1. The summed E-state index contributed by atoms with van der Waals surface area (Å²) in [5, 5.41) is 0. The Bertz CT molecular complexity index is 426. The highest BCUT2D eigenvalue weighted by molar-refractivity contribution is 5.78. The van der Waals surface area contributed by atoms with E-state index in [4.69, 9.17) is 5.73 Å². The minimum atomic E-state index is 0.142. The van der Waals surface area contributed by atoms with Crippen molar-refractivity contribution in [1.82, 2.24) is 4.90 Å². The smallest absolute Gasteiger partial charge is 0.226 e. The summed E-state index contributed by atoms with van der Waals surface area (Å²) in [6.45, 7) is 5.02. The van der Waals surface area contributed by atoms with Gasteiger partial charge in [-0.15, -0.1) is 6.58 Å². The Hall–Kier alpha value is -1.77. The number of anilines is 1. The Morgan fingerprint density at radius 1 is 1.56 bits per heavy atom. The molecule has 16 heavy (non-hydrogen) atoms. The van der Waals surface area contributed by atoms with Crippen molar-refractivity contribution in [3.8, 4) is 0 Å². The zero-order chi connectivity index (χ0) is 11.5. The van der Waals surface area contributed by atoms with Crippen LogP contribution in [0.15, 0.2) is 30.9 Å². The van der Waals surface area contributed by atoms with Gasteiger partial charge in [0.2, 0.25) is 5.91 Å². The molecule has 1 aliphatic rings. The molecule has 1 amide bonds. The standard InChI is InChI=1S/C13H16N2O/c1-2-4-13(16)15-8-7-11-10(9-15)5-3-6-12(11)14/h2-3,5-6H,1,4,7-9,14H2. The van der Waals surface area contributed by atoms with Gasteiger partial charge in [0.15, 0.2) is 0 Å². The van der Waals surface area contributed by atoms with Gasteiger partial charge in [0.25, 0.3) is 0 Å². The van der Waals surface area contributed by atoms with Gasteiger partial charge >= 0.3 is 0 Å². The largest absolute Gasteiger partial charge is 0.398 e. The second-order valence-corrected chi connectivity index (χ2v) is 4.04. The summed E-state index contributed by atoms with van der Waals surface area (Å²) in [6, 6.07) is 5.90. The topological polar surface area (TPSA) is 46.3 Å². The fourth-order valence-electron chi connectivity index (χ4n) is 2.10. The van der Waals surface area contributed by atoms with Crippen LogP contribution in [0.5, 0.6) is 0 Å². The Labute approximate surface area is 95.6 Å². The number of nitrogens with two attached hydrogens (primary N) is 1. The Morgan fingerprint density at radius 3 is 3.12 bits per heavy atom. The lowest BCUT2D eigenvalue weighted by Gasteiger charge is -2.29. The molecule has 0 atom stereocenters. The van der Waals surface area contributed by atoms with Crippen LogP contribution in [-0.4, -0.2) is 17.4 Å². The summed E-state index contributed by atoms with van der Waals surface area (Å²) in [6.07, 6.45) is 2.92. The van der Waals surface area contributed by atoms with Gasteiger partial charge < -0.3 is 10.6 Å². The van der Waals surface area contributed by atoms with Crippen molar-refractivity contribution in [1.29, 1.82) is 0 Å². The number of fused-ring (bicyclic) bond motifs is 1. The van der Waals surface area contributed by atoms with E-state index in [-0.39, 0.29) is 5.91 Å². The van der Waals surface area contributed by atoms with E-state index < -0.39 is 0 Å². The van der Waals surface area contributed by atoms with Gasteiger partial charge in [-0.25, -0.2) is 0 Å². The monoisotopic (exact) mass is 216 g/mol. The lowest BCUT2D eigenvalue weighted by molar-refractivity contribution is -0.131. The quantitative estimate of drug-likeness (QED) is 0.604. The van der Waals surface area contributed by atoms with E-state index in [0.29, 0.717) is 13.0 Å². The number of benzene rings is 1. The number of carbonyl (C=O) groups excluding carboxylic acids is 1. The van der Waals surface area contributed by atoms with E-state index in [9.17, 15) is 4.79 Å². The normalized spacial score (nSPS) is 14.4. The first-order valence-corrected chi connectivity index (χ1v) is 5.47. The van der Waals surface area contributed by atoms with E-state index in [1.807, 2.05) is 23.1 Å². The van der Waals surface area contributed by atoms with Crippen LogP contribution >= 0.6 is 0 Å². The molecular formula is C13H16N2O. The van der Waals surface area contributed by atoms with E-state index in [1.165, 1.54) is 11.1 Å². The number of carbonyl (C=O) groups is 1. The molecule has 3 heteroatoms. The van der Waals surface area contributed by atoms with Crippen molar-refractivity contribution in [3.05, 3.63) is 42.0 Å². The zero-order valence-electron chi connectivity index (χ0n) is 9.28. The van der Waals surface area contributed by atoms with Crippen LogP contribution in [0.2, 0.25) is 0 Å². The van der Waals surface area contributed by atoms with Gasteiger partial charge in [-0.05, 0) is 23.6 Å². The molecule has 0 aliphatic carbocycles. The van der Waals surface area contributed by atoms with Crippen molar-refractivity contribution < 1.29 is 4.79 Å². The summed E-state index contributed by atoms with van der Waals surface area (Å²) >= 11 is 0. The van der Waals surface area contributed by atoms with Crippen molar-refractivity contribution in [2.75, 3.05) is 12.3 Å². The number of rotatable bonds is 2. The van der Waals surface area contributed by atoms with Crippen LogP contribution in [0.4, 0.5) is 5.69 Å². The third-order valence-corrected chi connectivity index (χ3v) is 2.97. The summed E-state index contributed by atoms with van der Waals surface area (Å²) in [5.41, 5.74) is 9.11. The number of nitrogen functional groups attached to an aromatic ring is 1. The minimum absolute atomic E-state index is 0.142. The Morgan fingerprint density at radius 2 is 2.38 bits per heavy atom. The van der Waals surface area contributed by atoms with Gasteiger partial charge in [0, 0.05) is 25.2 Å². The van der Waals surface area contributed by atoms with Crippen LogP contribution < -0.4 is 5.73 Å². The van der Waals surface area contributed by atoms with Crippen molar-refractivity contribution in [3.63, 3.8) is 0 Å². The molecule has 1 aliphatic heterocycles. The molecule has 0 unspecified atom stereocenters. The van der Waals surface area contributed by atoms with Gasteiger partial charge in [0.1, 0.15) is 0 Å². The molecule has 2 rings (SSSR count). The highest BCUT2D eigenvalue weighted by atomic mass is 16.2. The lowest BCUT2D eigenvalue weighted by Crippen LogP contribution is -2.35. The molecular weight excluding hydrogens is 200 g/mol. The van der Waals surface area contributed by atoms with E-state index in [0.717, 1.165) is 18.7 Å². The first kappa shape index (κ1) is 10.7. The molecule has 0 bridgehead atoms. The van der Waals surface area contributed by atoms with Crippen LogP contribution in [0, 0.1) is 0 Å². The first-order valence-electron chi connectivity index (χ1n) is 5.47. The molecule has 1 heterocycles. The molecule has 2 N–H and O–H groups in total. The second kappa shape index (κ2) is 4.39. The van der Waals surface area contributed by atoms with E-state index >= 15 is 0 Å². The molecule has 0 aromatic heterocycles. The third kappa shape index (κ3) is 1.94. The Kier molecular flexibility index (Phi) is 2.95. The summed E-state index contributed by atoms with van der Waals surface area (Å²) in [7, 11) is 0. The predicted octanol–water partition coefficient (Wildman–Crippen LogP) is 1.73. The van der Waals surface area contributed by atoms with Crippen molar-refractivity contribution >= 4 is 11.6 Å². The van der Waals surface area contributed by atoms with Crippen LogP contribution in [0.1, 0.15) is 17.5 Å². The molecule has 1 aromatic rings. The fourth-order valence-corrected chi connectivity index (χ4v) is 2.10. The average molecular weight is 216 g/mol. The SMILES string of the molecule is C=CCC(=O)N1CCc2c(N)cccc2C1. The predicted molar refractivity (Wildman–Crippen MR) is 64.8 cm³/mol. The maximum Gasteiger partial charge on any atom is 0.226 e. The van der Waals surface area contributed by atoms with Crippen LogP contribution in [-0.2, 0) is 17.8 Å². The highest BCUT2D eigenvalue weighted by Crippen LogP contribution is 2.24.